The summed E-state index contributed by atoms with van der Waals surface area (Å²) in [4.78, 5) is 0. The summed E-state index contributed by atoms with van der Waals surface area (Å²) >= 11 is 0. The summed E-state index contributed by atoms with van der Waals surface area (Å²) < 4.78 is 4.70. The summed E-state index contributed by atoms with van der Waals surface area (Å²) in [5, 5.41) is 8.78. The van der Waals surface area contributed by atoms with Crippen LogP contribution in [0.2, 0.25) is 0 Å². The van der Waals surface area contributed by atoms with Gasteiger partial charge in [-0.05, 0) is 6.42 Å². The van der Waals surface area contributed by atoms with E-state index in [9.17, 15) is 0 Å². The molecule has 0 aliphatic heterocycles. The smallest absolute Gasteiger partial charge is 0.0684 e. The standard InChI is InChI=1S/C5H13NO2/c1-8-3-2-5(7)4-6/h5,7H,2-4,6H2,1H3. The van der Waals surface area contributed by atoms with Crippen molar-refractivity contribution in [3.8, 4) is 0 Å². The minimum atomic E-state index is -0.394. The van der Waals surface area contributed by atoms with Crippen LogP contribution in [0.3, 0.4) is 0 Å². The van der Waals surface area contributed by atoms with Gasteiger partial charge in [0, 0.05) is 20.3 Å². The fourth-order valence-corrected chi connectivity index (χ4v) is 0.372. The number of aliphatic hydroxyl groups excluding tert-OH is 1. The van der Waals surface area contributed by atoms with Gasteiger partial charge >= 0.3 is 0 Å². The summed E-state index contributed by atoms with van der Waals surface area (Å²) in [6.07, 6.45) is 0.238. The predicted molar refractivity (Wildman–Crippen MR) is 31.6 cm³/mol. The zero-order valence-corrected chi connectivity index (χ0v) is 5.13. The molecule has 0 aromatic carbocycles. The number of ether oxygens (including phenoxy) is 1. The summed E-state index contributed by atoms with van der Waals surface area (Å²) in [6, 6.07) is 0. The van der Waals surface area contributed by atoms with E-state index in [1.54, 1.807) is 7.11 Å². The molecule has 0 aromatic heterocycles. The van der Waals surface area contributed by atoms with Crippen LogP contribution in [0.5, 0.6) is 0 Å². The summed E-state index contributed by atoms with van der Waals surface area (Å²) in [6.45, 7) is 0.904. The van der Waals surface area contributed by atoms with Gasteiger partial charge in [0.2, 0.25) is 0 Å². The van der Waals surface area contributed by atoms with E-state index in [-0.39, 0.29) is 0 Å². The molecule has 8 heavy (non-hydrogen) atoms. The molecule has 0 aromatic rings. The molecule has 3 nitrogen and oxygen atoms in total. The van der Waals surface area contributed by atoms with Gasteiger partial charge in [-0.15, -0.1) is 0 Å². The molecule has 1 unspecified atom stereocenters. The van der Waals surface area contributed by atoms with E-state index in [1.807, 2.05) is 0 Å². The van der Waals surface area contributed by atoms with Gasteiger partial charge in [0.25, 0.3) is 0 Å². The van der Waals surface area contributed by atoms with Gasteiger partial charge < -0.3 is 15.6 Å². The van der Waals surface area contributed by atoms with Crippen molar-refractivity contribution in [2.24, 2.45) is 5.73 Å². The fraction of sp³-hybridized carbons (Fsp3) is 1.00. The maximum atomic E-state index is 8.78. The van der Waals surface area contributed by atoms with Crippen LogP contribution in [-0.2, 0) is 4.74 Å². The Hall–Kier alpha value is -0.120. The quantitative estimate of drug-likeness (QED) is 0.516. The lowest BCUT2D eigenvalue weighted by molar-refractivity contribution is 0.115. The largest absolute Gasteiger partial charge is 0.392 e. The van der Waals surface area contributed by atoms with Crippen molar-refractivity contribution < 1.29 is 9.84 Å². The molecule has 50 valence electrons. The van der Waals surface area contributed by atoms with E-state index < -0.39 is 6.10 Å². The molecule has 3 heteroatoms. The highest BCUT2D eigenvalue weighted by molar-refractivity contribution is 4.52. The highest BCUT2D eigenvalue weighted by Crippen LogP contribution is 1.86. The third-order valence-electron chi connectivity index (χ3n) is 0.927. The second-order valence-electron chi connectivity index (χ2n) is 1.67. The molecule has 1 atom stereocenters. The Kier molecular flexibility index (Phi) is 4.95. The van der Waals surface area contributed by atoms with E-state index in [1.165, 1.54) is 0 Å². The molecule has 0 heterocycles. The van der Waals surface area contributed by atoms with E-state index in [4.69, 9.17) is 15.6 Å². The highest BCUT2D eigenvalue weighted by Gasteiger charge is 1.97. The lowest BCUT2D eigenvalue weighted by Gasteiger charge is -2.04. The SMILES string of the molecule is COCCC(O)CN. The van der Waals surface area contributed by atoms with Gasteiger partial charge in [-0.2, -0.15) is 0 Å². The number of rotatable bonds is 4. The Morgan fingerprint density at radius 3 is 2.75 bits per heavy atom. The topological polar surface area (TPSA) is 55.5 Å². The molecule has 0 fully saturated rings. The minimum absolute atomic E-state index is 0.323. The maximum absolute atomic E-state index is 8.78. The Morgan fingerprint density at radius 1 is 1.75 bits per heavy atom. The van der Waals surface area contributed by atoms with Crippen LogP contribution in [0.15, 0.2) is 0 Å². The van der Waals surface area contributed by atoms with Crippen molar-refractivity contribution in [1.29, 1.82) is 0 Å². The second-order valence-corrected chi connectivity index (χ2v) is 1.67. The first kappa shape index (κ1) is 7.88. The van der Waals surface area contributed by atoms with Crippen molar-refractivity contribution in [3.63, 3.8) is 0 Å². The summed E-state index contributed by atoms with van der Waals surface area (Å²) in [5.74, 6) is 0. The van der Waals surface area contributed by atoms with Gasteiger partial charge in [0.05, 0.1) is 6.10 Å². The molecule has 0 rings (SSSR count). The molecule has 3 N–H and O–H groups in total. The average molecular weight is 119 g/mol. The van der Waals surface area contributed by atoms with Crippen LogP contribution in [0, 0.1) is 0 Å². The molecule has 0 aliphatic carbocycles. The molecule has 0 amide bonds. The average Bonchev–Trinajstić information content (AvgIpc) is 1.83. The third-order valence-corrected chi connectivity index (χ3v) is 0.927. The van der Waals surface area contributed by atoms with Crippen LogP contribution in [0.4, 0.5) is 0 Å². The van der Waals surface area contributed by atoms with Gasteiger partial charge in [-0.1, -0.05) is 0 Å². The van der Waals surface area contributed by atoms with Crippen LogP contribution in [-0.4, -0.2) is 31.5 Å². The fourth-order valence-electron chi connectivity index (χ4n) is 0.372. The molecular formula is C5H13NO2. The molecule has 0 bridgehead atoms. The molecule has 0 saturated carbocycles. The van der Waals surface area contributed by atoms with Crippen molar-refractivity contribution in [2.45, 2.75) is 12.5 Å². The van der Waals surface area contributed by atoms with Crippen molar-refractivity contribution >= 4 is 0 Å². The monoisotopic (exact) mass is 119 g/mol. The lowest BCUT2D eigenvalue weighted by atomic mass is 10.3. The van der Waals surface area contributed by atoms with Crippen molar-refractivity contribution in [1.82, 2.24) is 0 Å². The first-order valence-corrected chi connectivity index (χ1v) is 2.68. The summed E-state index contributed by atoms with van der Waals surface area (Å²) in [5.41, 5.74) is 5.11. The number of aliphatic hydroxyl groups is 1. The van der Waals surface area contributed by atoms with Gasteiger partial charge in [-0.3, -0.25) is 0 Å². The first-order chi connectivity index (χ1) is 3.81. The minimum Gasteiger partial charge on any atom is -0.392 e. The molecule has 0 saturated heterocycles. The maximum Gasteiger partial charge on any atom is 0.0684 e. The normalized spacial score (nSPS) is 13.9. The van der Waals surface area contributed by atoms with Crippen molar-refractivity contribution in [3.05, 3.63) is 0 Å². The Bertz CT molecular complexity index is 49.7. The van der Waals surface area contributed by atoms with Crippen LogP contribution < -0.4 is 5.73 Å². The Morgan fingerprint density at radius 2 is 2.38 bits per heavy atom. The molecule has 0 radical (unpaired) electrons. The van der Waals surface area contributed by atoms with Gasteiger partial charge in [0.1, 0.15) is 0 Å². The van der Waals surface area contributed by atoms with Crippen molar-refractivity contribution in [2.75, 3.05) is 20.3 Å². The predicted octanol–water partition coefficient (Wildman–Crippen LogP) is -0.657. The Balaban J connectivity index is 2.86. The zero-order chi connectivity index (χ0) is 6.41. The van der Waals surface area contributed by atoms with Crippen LogP contribution in [0.1, 0.15) is 6.42 Å². The first-order valence-electron chi connectivity index (χ1n) is 2.68. The number of hydrogen-bond donors (Lipinski definition) is 2. The highest BCUT2D eigenvalue weighted by atomic mass is 16.5. The second kappa shape index (κ2) is 5.03. The van der Waals surface area contributed by atoms with E-state index in [2.05, 4.69) is 0 Å². The summed E-state index contributed by atoms with van der Waals surface area (Å²) in [7, 11) is 1.60. The number of methoxy groups -OCH3 is 1. The number of hydrogen-bond acceptors (Lipinski definition) is 3. The lowest BCUT2D eigenvalue weighted by Crippen LogP contribution is -2.20. The van der Waals surface area contributed by atoms with Gasteiger partial charge in [-0.25, -0.2) is 0 Å². The third kappa shape index (κ3) is 4.05. The van der Waals surface area contributed by atoms with E-state index in [0.717, 1.165) is 0 Å². The number of nitrogens with two attached hydrogens (primary N) is 1. The zero-order valence-electron chi connectivity index (χ0n) is 5.13. The molecular weight excluding hydrogens is 106 g/mol. The molecule has 0 aliphatic rings. The molecule has 0 spiro atoms. The van der Waals surface area contributed by atoms with E-state index >= 15 is 0 Å². The van der Waals surface area contributed by atoms with Gasteiger partial charge in [0.15, 0.2) is 0 Å². The van der Waals surface area contributed by atoms with Crippen LogP contribution in [0.25, 0.3) is 0 Å². The van der Waals surface area contributed by atoms with Crippen LogP contribution >= 0.6 is 0 Å². The Labute approximate surface area is 49.4 Å². The van der Waals surface area contributed by atoms with E-state index in [0.29, 0.717) is 19.6 Å².